The lowest BCUT2D eigenvalue weighted by molar-refractivity contribution is 0.0956. The summed E-state index contributed by atoms with van der Waals surface area (Å²) in [5.74, 6) is 1.40. The van der Waals surface area contributed by atoms with Crippen molar-refractivity contribution < 1.29 is 14.3 Å². The minimum Gasteiger partial charge on any atom is -0.457 e. The first-order valence-electron chi connectivity index (χ1n) is 7.02. The van der Waals surface area contributed by atoms with Crippen LogP contribution in [0.3, 0.4) is 0 Å². The molecular formula is C18H19NO3. The number of carbonyl (C=O) groups is 2. The van der Waals surface area contributed by atoms with Crippen LogP contribution in [0, 0.1) is 0 Å². The predicted molar refractivity (Wildman–Crippen MR) is 85.8 cm³/mol. The van der Waals surface area contributed by atoms with Crippen molar-refractivity contribution >= 4 is 11.6 Å². The van der Waals surface area contributed by atoms with Crippen molar-refractivity contribution in [2.24, 2.45) is 0 Å². The molecule has 4 nitrogen and oxygen atoms in total. The van der Waals surface area contributed by atoms with Gasteiger partial charge in [-0.25, -0.2) is 0 Å². The smallest absolute Gasteiger partial charge is 0.176 e. The highest BCUT2D eigenvalue weighted by Gasteiger charge is 2.07. The Morgan fingerprint density at radius 1 is 0.864 bits per heavy atom. The van der Waals surface area contributed by atoms with Crippen molar-refractivity contribution in [2.75, 3.05) is 20.6 Å². The van der Waals surface area contributed by atoms with Crippen molar-refractivity contribution in [2.45, 2.75) is 6.92 Å². The summed E-state index contributed by atoms with van der Waals surface area (Å²) in [6.07, 6.45) is 0. The van der Waals surface area contributed by atoms with Gasteiger partial charge < -0.3 is 9.64 Å². The number of hydrogen-bond donors (Lipinski definition) is 0. The maximum atomic E-state index is 11.9. The molecule has 0 atom stereocenters. The highest BCUT2D eigenvalue weighted by Crippen LogP contribution is 2.22. The fourth-order valence-electron chi connectivity index (χ4n) is 1.98. The van der Waals surface area contributed by atoms with E-state index in [4.69, 9.17) is 4.74 Å². The van der Waals surface area contributed by atoms with Gasteiger partial charge in [-0.2, -0.15) is 0 Å². The van der Waals surface area contributed by atoms with E-state index in [0.717, 1.165) is 0 Å². The number of benzene rings is 2. The molecule has 0 saturated heterocycles. The van der Waals surface area contributed by atoms with Gasteiger partial charge in [0.2, 0.25) is 0 Å². The lowest BCUT2D eigenvalue weighted by Gasteiger charge is -2.09. The van der Waals surface area contributed by atoms with Crippen molar-refractivity contribution in [3.63, 3.8) is 0 Å². The number of rotatable bonds is 6. The van der Waals surface area contributed by atoms with E-state index in [1.165, 1.54) is 6.92 Å². The van der Waals surface area contributed by atoms with Crippen LogP contribution in [0.15, 0.2) is 48.5 Å². The third-order valence-corrected chi connectivity index (χ3v) is 3.13. The van der Waals surface area contributed by atoms with Gasteiger partial charge in [0, 0.05) is 11.1 Å². The van der Waals surface area contributed by atoms with E-state index in [1.54, 1.807) is 48.5 Å². The number of Topliss-reactive ketones (excluding diaryl/α,β-unsaturated/α-hetero) is 2. The second-order valence-corrected chi connectivity index (χ2v) is 5.37. The van der Waals surface area contributed by atoms with E-state index in [2.05, 4.69) is 0 Å². The molecule has 22 heavy (non-hydrogen) atoms. The van der Waals surface area contributed by atoms with E-state index in [-0.39, 0.29) is 11.6 Å². The summed E-state index contributed by atoms with van der Waals surface area (Å²) in [6.45, 7) is 1.91. The summed E-state index contributed by atoms with van der Waals surface area (Å²) in [7, 11) is 3.72. The lowest BCUT2D eigenvalue weighted by Crippen LogP contribution is -2.21. The molecule has 0 bridgehead atoms. The van der Waals surface area contributed by atoms with Crippen LogP contribution < -0.4 is 4.74 Å². The maximum Gasteiger partial charge on any atom is 0.176 e. The minimum absolute atomic E-state index is 0.0234. The van der Waals surface area contributed by atoms with E-state index in [9.17, 15) is 9.59 Å². The number of ether oxygens (including phenoxy) is 1. The molecule has 4 heteroatoms. The average molecular weight is 297 g/mol. The zero-order valence-corrected chi connectivity index (χ0v) is 13.0. The van der Waals surface area contributed by atoms with Crippen LogP contribution in [-0.4, -0.2) is 37.1 Å². The highest BCUT2D eigenvalue weighted by molar-refractivity contribution is 5.97. The second kappa shape index (κ2) is 7.00. The molecule has 0 saturated carbocycles. The van der Waals surface area contributed by atoms with E-state index in [1.807, 2.05) is 19.0 Å². The normalized spacial score (nSPS) is 10.5. The van der Waals surface area contributed by atoms with E-state index < -0.39 is 0 Å². The molecule has 0 heterocycles. The van der Waals surface area contributed by atoms with Gasteiger partial charge in [-0.15, -0.1) is 0 Å². The second-order valence-electron chi connectivity index (χ2n) is 5.37. The molecule has 0 aliphatic rings. The summed E-state index contributed by atoms with van der Waals surface area (Å²) < 4.78 is 5.70. The van der Waals surface area contributed by atoms with Gasteiger partial charge >= 0.3 is 0 Å². The minimum atomic E-state index is 0.0234. The van der Waals surface area contributed by atoms with Crippen molar-refractivity contribution in [1.82, 2.24) is 4.90 Å². The molecule has 2 aromatic rings. The first-order chi connectivity index (χ1) is 10.5. The Morgan fingerprint density at radius 3 is 1.73 bits per heavy atom. The largest absolute Gasteiger partial charge is 0.457 e. The lowest BCUT2D eigenvalue weighted by atomic mass is 10.1. The molecule has 0 N–H and O–H groups in total. The molecule has 0 aliphatic heterocycles. The van der Waals surface area contributed by atoms with Crippen LogP contribution in [0.2, 0.25) is 0 Å². The topological polar surface area (TPSA) is 46.6 Å². The van der Waals surface area contributed by atoms with Gasteiger partial charge in [-0.1, -0.05) is 0 Å². The molecule has 0 unspecified atom stereocenters. The van der Waals surface area contributed by atoms with Gasteiger partial charge in [-0.05, 0) is 69.6 Å². The number of ketones is 2. The zero-order chi connectivity index (χ0) is 16.1. The Kier molecular flexibility index (Phi) is 5.07. The summed E-state index contributed by atoms with van der Waals surface area (Å²) in [5, 5.41) is 0. The number of likely N-dealkylation sites (N-methyl/N-ethyl adjacent to an activating group) is 1. The Bertz CT molecular complexity index is 658. The van der Waals surface area contributed by atoms with Gasteiger partial charge in [0.25, 0.3) is 0 Å². The highest BCUT2D eigenvalue weighted by atomic mass is 16.5. The Hall–Kier alpha value is -2.46. The molecule has 0 aromatic heterocycles. The van der Waals surface area contributed by atoms with Crippen LogP contribution in [0.25, 0.3) is 0 Å². The molecule has 2 rings (SSSR count). The fourth-order valence-corrected chi connectivity index (χ4v) is 1.98. The molecule has 2 aromatic carbocycles. The molecular weight excluding hydrogens is 278 g/mol. The van der Waals surface area contributed by atoms with Crippen LogP contribution in [-0.2, 0) is 0 Å². The van der Waals surface area contributed by atoms with Crippen LogP contribution in [0.5, 0.6) is 11.5 Å². The summed E-state index contributed by atoms with van der Waals surface area (Å²) in [6, 6.07) is 14.0. The van der Waals surface area contributed by atoms with Gasteiger partial charge in [0.05, 0.1) is 6.54 Å². The van der Waals surface area contributed by atoms with Crippen LogP contribution in [0.4, 0.5) is 0 Å². The van der Waals surface area contributed by atoms with Crippen molar-refractivity contribution in [3.8, 4) is 11.5 Å². The monoisotopic (exact) mass is 297 g/mol. The van der Waals surface area contributed by atoms with Crippen molar-refractivity contribution in [3.05, 3.63) is 59.7 Å². The molecule has 0 radical (unpaired) electrons. The Labute approximate surface area is 130 Å². The van der Waals surface area contributed by atoms with E-state index >= 15 is 0 Å². The number of nitrogens with zero attached hydrogens (tertiary/aromatic N) is 1. The first-order valence-corrected chi connectivity index (χ1v) is 7.02. The van der Waals surface area contributed by atoms with Gasteiger partial charge in [0.1, 0.15) is 11.5 Å². The third kappa shape index (κ3) is 4.27. The van der Waals surface area contributed by atoms with Crippen LogP contribution in [0.1, 0.15) is 27.6 Å². The summed E-state index contributed by atoms with van der Waals surface area (Å²) >= 11 is 0. The molecule has 0 spiro atoms. The standard InChI is InChI=1S/C18H19NO3/c1-13(20)14-4-8-16(9-5-14)22-17-10-6-15(7-11-17)18(21)12-19(2)3/h4-11H,12H2,1-3H3. The van der Waals surface area contributed by atoms with Crippen LogP contribution >= 0.6 is 0 Å². The third-order valence-electron chi connectivity index (χ3n) is 3.13. The van der Waals surface area contributed by atoms with Gasteiger partial charge in [-0.3, -0.25) is 9.59 Å². The maximum absolute atomic E-state index is 11.9. The quantitative estimate of drug-likeness (QED) is 0.766. The first kappa shape index (κ1) is 15.9. The zero-order valence-electron chi connectivity index (χ0n) is 13.0. The molecule has 0 amide bonds. The summed E-state index contributed by atoms with van der Waals surface area (Å²) in [4.78, 5) is 25.0. The average Bonchev–Trinajstić information content (AvgIpc) is 2.48. The van der Waals surface area contributed by atoms with Crippen molar-refractivity contribution in [1.29, 1.82) is 0 Å². The molecule has 0 fully saturated rings. The SMILES string of the molecule is CC(=O)c1ccc(Oc2ccc(C(=O)CN(C)C)cc2)cc1. The molecule has 0 aliphatic carbocycles. The Morgan fingerprint density at radius 2 is 1.32 bits per heavy atom. The Balaban J connectivity index is 2.04. The fraction of sp³-hybridized carbons (Fsp3) is 0.222. The summed E-state index contributed by atoms with van der Waals surface area (Å²) in [5.41, 5.74) is 1.31. The van der Waals surface area contributed by atoms with E-state index in [0.29, 0.717) is 29.2 Å². The number of hydrogen-bond acceptors (Lipinski definition) is 4. The predicted octanol–water partition coefficient (Wildman–Crippen LogP) is 3.43. The number of carbonyl (C=O) groups excluding carboxylic acids is 2. The molecule has 114 valence electrons. The van der Waals surface area contributed by atoms with Gasteiger partial charge in [0.15, 0.2) is 11.6 Å².